The quantitative estimate of drug-likeness (QED) is 0.495. The minimum Gasteiger partial charge on any atom is -0.0942 e. The molecule has 0 aliphatic rings. The molecule has 0 aromatic carbocycles. The second-order valence-electron chi connectivity index (χ2n) is 1.61. The van der Waals surface area contributed by atoms with E-state index in [4.69, 9.17) is 12.6 Å². The van der Waals surface area contributed by atoms with Gasteiger partial charge in [0.2, 0.25) is 0 Å². The first-order valence-corrected chi connectivity index (χ1v) is 3.35. The molecule has 0 saturated carbocycles. The van der Waals surface area contributed by atoms with Gasteiger partial charge in [-0.15, -0.1) is 0 Å². The van der Waals surface area contributed by atoms with Crippen LogP contribution in [0.3, 0.4) is 0 Å². The normalized spacial score (nSPS) is 9.43. The van der Waals surface area contributed by atoms with E-state index in [-0.39, 0.29) is 0 Å². The largest absolute Gasteiger partial charge is 0.0942 e. The van der Waals surface area contributed by atoms with Crippen LogP contribution in [-0.4, -0.2) is 5.75 Å². The molecule has 42 valence electrons. The van der Waals surface area contributed by atoms with Gasteiger partial charge >= 0.3 is 0 Å². The molecular weight excluding hydrogens is 104 g/mol. The summed E-state index contributed by atoms with van der Waals surface area (Å²) < 4.78 is 0. The van der Waals surface area contributed by atoms with Crippen LogP contribution >= 0.6 is 12.6 Å². The van der Waals surface area contributed by atoms with Gasteiger partial charge in [-0.05, 0) is 12.8 Å². The third-order valence-corrected chi connectivity index (χ3v) is 1.18. The van der Waals surface area contributed by atoms with Gasteiger partial charge in [-0.25, -0.2) is 0 Å². The first kappa shape index (κ1) is 7.35. The molecule has 0 N–H and O–H groups in total. The average molecular weight is 116 g/mol. The molecule has 0 aromatic rings. The summed E-state index contributed by atoms with van der Waals surface area (Å²) in [6.07, 6.45) is 5.90. The predicted molar refractivity (Wildman–Crippen MR) is 36.3 cm³/mol. The highest BCUT2D eigenvalue weighted by atomic mass is 32.1. The average Bonchev–Trinajstić information content (AvgIpc) is 1.69. The van der Waals surface area contributed by atoms with Gasteiger partial charge in [0.15, 0.2) is 0 Å². The molecule has 0 amide bonds. The Kier molecular flexibility index (Phi) is 6.67. The van der Waals surface area contributed by atoms with Crippen molar-refractivity contribution in [1.82, 2.24) is 0 Å². The molecule has 2 radical (unpaired) electrons. The predicted octanol–water partition coefficient (Wildman–Crippen LogP) is 2.58. The van der Waals surface area contributed by atoms with Crippen molar-refractivity contribution < 1.29 is 0 Å². The molecule has 0 fully saturated rings. The highest BCUT2D eigenvalue weighted by molar-refractivity contribution is 7.80. The van der Waals surface area contributed by atoms with Crippen LogP contribution in [0.5, 0.6) is 0 Å². The van der Waals surface area contributed by atoms with Crippen LogP contribution in [0.1, 0.15) is 26.2 Å². The van der Waals surface area contributed by atoms with Crippen LogP contribution < -0.4 is 0 Å². The Balaban J connectivity index is 2.45. The summed E-state index contributed by atoms with van der Waals surface area (Å²) >= 11 is 4.75. The Hall–Kier alpha value is 0.350. The Morgan fingerprint density at radius 2 is 2.14 bits per heavy atom. The lowest BCUT2D eigenvalue weighted by Gasteiger charge is -1.89. The van der Waals surface area contributed by atoms with Crippen molar-refractivity contribution >= 4 is 12.6 Å². The Morgan fingerprint density at radius 3 is 2.57 bits per heavy atom. The van der Waals surface area contributed by atoms with E-state index in [1.807, 2.05) is 0 Å². The van der Waals surface area contributed by atoms with Crippen LogP contribution in [0.4, 0.5) is 0 Å². The molecule has 0 heterocycles. The van der Waals surface area contributed by atoms with Crippen molar-refractivity contribution in [2.24, 2.45) is 0 Å². The van der Waals surface area contributed by atoms with E-state index >= 15 is 0 Å². The minimum absolute atomic E-state index is 0.924. The maximum Gasteiger partial charge on any atom is 0.00369 e. The molecule has 0 saturated heterocycles. The lowest BCUT2D eigenvalue weighted by atomic mass is 10.2. The van der Waals surface area contributed by atoms with Gasteiger partial charge in [-0.2, -0.15) is 0 Å². The molecule has 0 aromatic heterocycles. The summed E-state index contributed by atoms with van der Waals surface area (Å²) in [4.78, 5) is 0. The standard InChI is InChI=1S/C6H12S/c1-2-3-4-5-6-7/h2H,3-6H2,1H3. The zero-order valence-corrected chi connectivity index (χ0v) is 5.63. The van der Waals surface area contributed by atoms with Gasteiger partial charge in [0, 0.05) is 5.75 Å². The fourth-order valence-corrected chi connectivity index (χ4v) is 0.655. The molecule has 0 atom stereocenters. The second kappa shape index (κ2) is 6.35. The maximum absolute atomic E-state index is 4.75. The summed E-state index contributed by atoms with van der Waals surface area (Å²) in [7, 11) is 0. The molecule has 7 heavy (non-hydrogen) atoms. The zero-order chi connectivity index (χ0) is 5.54. The first-order chi connectivity index (χ1) is 3.41. The molecule has 0 unspecified atom stereocenters. The Bertz CT molecular complexity index is 23.4. The Morgan fingerprint density at radius 1 is 1.43 bits per heavy atom. The summed E-state index contributed by atoms with van der Waals surface area (Å²) in [5.41, 5.74) is 0. The molecule has 0 bridgehead atoms. The molecule has 0 aliphatic carbocycles. The van der Waals surface area contributed by atoms with Gasteiger partial charge in [0.05, 0.1) is 0 Å². The second-order valence-corrected chi connectivity index (χ2v) is 2.02. The van der Waals surface area contributed by atoms with E-state index in [0.717, 1.165) is 5.75 Å². The highest BCUT2D eigenvalue weighted by Crippen LogP contribution is 1.97. The highest BCUT2D eigenvalue weighted by Gasteiger charge is 1.81. The summed E-state index contributed by atoms with van der Waals surface area (Å²) in [5.74, 6) is 0.924. The van der Waals surface area contributed by atoms with Gasteiger partial charge in [-0.3, -0.25) is 0 Å². The number of hydrogen-bond donors (Lipinski definition) is 0. The number of rotatable bonds is 4. The van der Waals surface area contributed by atoms with E-state index in [1.54, 1.807) is 0 Å². The topological polar surface area (TPSA) is 0 Å². The van der Waals surface area contributed by atoms with Crippen molar-refractivity contribution in [1.29, 1.82) is 0 Å². The van der Waals surface area contributed by atoms with E-state index in [9.17, 15) is 0 Å². The fourth-order valence-electron chi connectivity index (χ4n) is 0.451. The zero-order valence-electron chi connectivity index (χ0n) is 4.81. The van der Waals surface area contributed by atoms with Crippen molar-refractivity contribution in [3.05, 3.63) is 6.42 Å². The third kappa shape index (κ3) is 6.35. The molecule has 0 aliphatic heterocycles. The van der Waals surface area contributed by atoms with Gasteiger partial charge < -0.3 is 0 Å². The lowest BCUT2D eigenvalue weighted by Crippen LogP contribution is -1.75. The van der Waals surface area contributed by atoms with Crippen LogP contribution in [0.25, 0.3) is 0 Å². The van der Waals surface area contributed by atoms with Gasteiger partial charge in [0.25, 0.3) is 0 Å². The molecular formula is C6H12S. The SMILES string of the molecule is C[CH]CCCC[S]. The Labute approximate surface area is 51.7 Å². The van der Waals surface area contributed by atoms with E-state index < -0.39 is 0 Å². The van der Waals surface area contributed by atoms with Crippen molar-refractivity contribution in [3.8, 4) is 0 Å². The monoisotopic (exact) mass is 116 g/mol. The molecule has 1 heteroatoms. The molecule has 0 rings (SSSR count). The number of unbranched alkanes of at least 4 members (excludes halogenated alkanes) is 3. The smallest absolute Gasteiger partial charge is 0.00369 e. The maximum atomic E-state index is 4.75. The molecule has 0 nitrogen and oxygen atoms in total. The van der Waals surface area contributed by atoms with Crippen molar-refractivity contribution in [2.45, 2.75) is 26.2 Å². The number of hydrogen-bond acceptors (Lipinski definition) is 0. The summed E-state index contributed by atoms with van der Waals surface area (Å²) in [5, 5.41) is 0. The van der Waals surface area contributed by atoms with Gasteiger partial charge in [-0.1, -0.05) is 32.4 Å². The third-order valence-electron chi connectivity index (χ3n) is 0.887. The van der Waals surface area contributed by atoms with E-state index in [0.29, 0.717) is 0 Å². The van der Waals surface area contributed by atoms with Crippen molar-refractivity contribution in [3.63, 3.8) is 0 Å². The van der Waals surface area contributed by atoms with Gasteiger partial charge in [0.1, 0.15) is 0 Å². The van der Waals surface area contributed by atoms with Crippen LogP contribution in [0.15, 0.2) is 0 Å². The van der Waals surface area contributed by atoms with Crippen LogP contribution in [0, 0.1) is 6.42 Å². The first-order valence-electron chi connectivity index (χ1n) is 2.77. The van der Waals surface area contributed by atoms with Crippen molar-refractivity contribution in [2.75, 3.05) is 5.75 Å². The summed E-state index contributed by atoms with van der Waals surface area (Å²) in [6, 6.07) is 0. The minimum atomic E-state index is 0.924. The van der Waals surface area contributed by atoms with Crippen LogP contribution in [0.2, 0.25) is 0 Å². The fraction of sp³-hybridized carbons (Fsp3) is 0.833. The van der Waals surface area contributed by atoms with E-state index in [2.05, 4.69) is 13.3 Å². The van der Waals surface area contributed by atoms with Crippen LogP contribution in [-0.2, 0) is 0 Å². The van der Waals surface area contributed by atoms with E-state index in [1.165, 1.54) is 19.3 Å². The summed E-state index contributed by atoms with van der Waals surface area (Å²) in [6.45, 7) is 2.09. The molecule has 0 spiro atoms. The lowest BCUT2D eigenvalue weighted by molar-refractivity contribution is 0.792.